The Morgan fingerprint density at radius 2 is 2.21 bits per heavy atom. The molecule has 0 saturated heterocycles. The summed E-state index contributed by atoms with van der Waals surface area (Å²) in [4.78, 5) is 3.30. The third-order valence-corrected chi connectivity index (χ3v) is 3.58. The van der Waals surface area contributed by atoms with Gasteiger partial charge in [0.1, 0.15) is 28.6 Å². The standard InChI is InChI=1S/C11H8FN3O3S/c1-7-6-18-11(14-7)15-19(16,17)10-4-2-3-9(12)8(10)5-13/h2-4,6H,1H3,(H,14,15). The van der Waals surface area contributed by atoms with E-state index in [9.17, 15) is 12.8 Å². The molecule has 1 heterocycles. The fourth-order valence-corrected chi connectivity index (χ4v) is 2.51. The predicted molar refractivity (Wildman–Crippen MR) is 63.2 cm³/mol. The number of anilines is 1. The molecule has 2 aromatic rings. The number of hydrogen-bond donors (Lipinski definition) is 1. The van der Waals surface area contributed by atoms with Gasteiger partial charge >= 0.3 is 6.01 Å². The number of hydrogen-bond acceptors (Lipinski definition) is 5. The predicted octanol–water partition coefficient (Wildman–Crippen LogP) is 1.79. The minimum absolute atomic E-state index is 0.245. The average molecular weight is 281 g/mol. The van der Waals surface area contributed by atoms with E-state index in [1.165, 1.54) is 18.4 Å². The van der Waals surface area contributed by atoms with Gasteiger partial charge in [0.05, 0.1) is 5.69 Å². The van der Waals surface area contributed by atoms with Crippen LogP contribution in [0.2, 0.25) is 0 Å². The van der Waals surface area contributed by atoms with Crippen LogP contribution in [0.15, 0.2) is 33.8 Å². The SMILES string of the molecule is Cc1coc(NS(=O)(=O)c2cccc(F)c2C#N)n1. The van der Waals surface area contributed by atoms with Crippen LogP contribution < -0.4 is 4.72 Å². The molecule has 2 rings (SSSR count). The molecule has 0 unspecified atom stereocenters. The van der Waals surface area contributed by atoms with Crippen LogP contribution in [0.3, 0.4) is 0 Å². The summed E-state index contributed by atoms with van der Waals surface area (Å²) >= 11 is 0. The van der Waals surface area contributed by atoms with Crippen molar-refractivity contribution in [3.05, 3.63) is 41.5 Å². The van der Waals surface area contributed by atoms with Crippen LogP contribution >= 0.6 is 0 Å². The lowest BCUT2D eigenvalue weighted by molar-refractivity contribution is 0.568. The summed E-state index contributed by atoms with van der Waals surface area (Å²) in [6.07, 6.45) is 1.26. The number of aryl methyl sites for hydroxylation is 1. The van der Waals surface area contributed by atoms with Crippen LogP contribution in [0.4, 0.5) is 10.4 Å². The molecule has 0 spiro atoms. The zero-order valence-electron chi connectivity index (χ0n) is 9.71. The Balaban J connectivity index is 2.46. The molecule has 0 bridgehead atoms. The fraction of sp³-hybridized carbons (Fsp3) is 0.0909. The number of nitriles is 1. The summed E-state index contributed by atoms with van der Waals surface area (Å²) in [6, 6.07) is 4.60. The van der Waals surface area contributed by atoms with Crippen molar-refractivity contribution in [2.45, 2.75) is 11.8 Å². The molecule has 0 aliphatic carbocycles. The quantitative estimate of drug-likeness (QED) is 0.925. The van der Waals surface area contributed by atoms with E-state index in [0.717, 1.165) is 12.1 Å². The van der Waals surface area contributed by atoms with E-state index in [2.05, 4.69) is 4.98 Å². The maximum Gasteiger partial charge on any atom is 0.309 e. The van der Waals surface area contributed by atoms with E-state index in [0.29, 0.717) is 5.69 Å². The van der Waals surface area contributed by atoms with Crippen LogP contribution in [0, 0.1) is 24.1 Å². The van der Waals surface area contributed by atoms with Crippen LogP contribution in [0.25, 0.3) is 0 Å². The van der Waals surface area contributed by atoms with Gasteiger partial charge in [0, 0.05) is 0 Å². The van der Waals surface area contributed by atoms with E-state index >= 15 is 0 Å². The lowest BCUT2D eigenvalue weighted by Gasteiger charge is -2.06. The average Bonchev–Trinajstić information content (AvgIpc) is 2.73. The highest BCUT2D eigenvalue weighted by molar-refractivity contribution is 7.92. The van der Waals surface area contributed by atoms with E-state index in [1.807, 2.05) is 4.72 Å². The summed E-state index contributed by atoms with van der Waals surface area (Å²) in [5.41, 5.74) is -0.0734. The number of oxazole rings is 1. The van der Waals surface area contributed by atoms with Crippen LogP contribution in [0.5, 0.6) is 0 Å². The Morgan fingerprint density at radius 1 is 1.47 bits per heavy atom. The second-order valence-electron chi connectivity index (χ2n) is 3.62. The Hall–Kier alpha value is -2.40. The van der Waals surface area contributed by atoms with Gasteiger partial charge in [-0.15, -0.1) is 0 Å². The zero-order valence-corrected chi connectivity index (χ0v) is 10.5. The summed E-state index contributed by atoms with van der Waals surface area (Å²) in [5.74, 6) is -0.908. The van der Waals surface area contributed by atoms with Gasteiger partial charge in [0.2, 0.25) is 0 Å². The second kappa shape index (κ2) is 4.70. The third-order valence-electron chi connectivity index (χ3n) is 2.22. The van der Waals surface area contributed by atoms with Crippen molar-refractivity contribution in [3.63, 3.8) is 0 Å². The third kappa shape index (κ3) is 2.56. The topological polar surface area (TPSA) is 96.0 Å². The van der Waals surface area contributed by atoms with Crippen molar-refractivity contribution in [2.24, 2.45) is 0 Å². The van der Waals surface area contributed by atoms with Crippen LogP contribution in [-0.4, -0.2) is 13.4 Å². The van der Waals surface area contributed by atoms with Gasteiger partial charge in [-0.25, -0.2) is 17.5 Å². The number of benzene rings is 1. The molecule has 1 aromatic heterocycles. The molecule has 19 heavy (non-hydrogen) atoms. The normalized spacial score (nSPS) is 11.0. The molecule has 1 N–H and O–H groups in total. The Labute approximate surface area is 108 Å². The maximum absolute atomic E-state index is 13.4. The highest BCUT2D eigenvalue weighted by Crippen LogP contribution is 2.20. The summed E-state index contributed by atoms with van der Waals surface area (Å²) in [7, 11) is -4.13. The summed E-state index contributed by atoms with van der Waals surface area (Å²) in [6.45, 7) is 1.62. The molecule has 6 nitrogen and oxygen atoms in total. The number of halogens is 1. The van der Waals surface area contributed by atoms with Crippen molar-refractivity contribution in [3.8, 4) is 6.07 Å². The molecule has 0 fully saturated rings. The van der Waals surface area contributed by atoms with Gasteiger partial charge in [-0.1, -0.05) is 6.07 Å². The monoisotopic (exact) mass is 281 g/mol. The lowest BCUT2D eigenvalue weighted by atomic mass is 10.2. The largest absolute Gasteiger partial charge is 0.431 e. The van der Waals surface area contributed by atoms with Gasteiger partial charge in [-0.05, 0) is 19.1 Å². The Bertz CT molecular complexity index is 762. The van der Waals surface area contributed by atoms with Crippen molar-refractivity contribution in [1.82, 2.24) is 4.98 Å². The van der Waals surface area contributed by atoms with E-state index in [-0.39, 0.29) is 6.01 Å². The van der Waals surface area contributed by atoms with E-state index < -0.39 is 26.3 Å². The summed E-state index contributed by atoms with van der Waals surface area (Å²) in [5, 5.41) is 8.81. The molecule has 98 valence electrons. The molecule has 0 saturated carbocycles. The molecule has 0 atom stereocenters. The van der Waals surface area contributed by atoms with Crippen molar-refractivity contribution in [1.29, 1.82) is 5.26 Å². The number of rotatable bonds is 3. The highest BCUT2D eigenvalue weighted by atomic mass is 32.2. The van der Waals surface area contributed by atoms with E-state index in [1.54, 1.807) is 6.92 Å². The Kier molecular flexibility index (Phi) is 3.23. The number of sulfonamides is 1. The first-order valence-electron chi connectivity index (χ1n) is 5.07. The number of nitrogens with one attached hydrogen (secondary N) is 1. The van der Waals surface area contributed by atoms with Gasteiger partial charge in [0.15, 0.2) is 0 Å². The number of aromatic nitrogens is 1. The second-order valence-corrected chi connectivity index (χ2v) is 5.28. The molecular formula is C11H8FN3O3S. The van der Waals surface area contributed by atoms with Gasteiger partial charge < -0.3 is 4.42 Å². The fourth-order valence-electron chi connectivity index (χ4n) is 1.41. The first-order valence-corrected chi connectivity index (χ1v) is 6.56. The minimum atomic E-state index is -4.13. The smallest absolute Gasteiger partial charge is 0.309 e. The highest BCUT2D eigenvalue weighted by Gasteiger charge is 2.22. The molecular weight excluding hydrogens is 273 g/mol. The summed E-state index contributed by atoms with van der Waals surface area (Å²) < 4.78 is 44.3. The zero-order chi connectivity index (χ0) is 14.0. The van der Waals surface area contributed by atoms with Crippen molar-refractivity contribution in [2.75, 3.05) is 4.72 Å². The lowest BCUT2D eigenvalue weighted by Crippen LogP contribution is -2.15. The van der Waals surface area contributed by atoms with E-state index in [4.69, 9.17) is 9.68 Å². The van der Waals surface area contributed by atoms with Crippen molar-refractivity contribution < 1.29 is 17.2 Å². The first-order chi connectivity index (χ1) is 8.94. The first kappa shape index (κ1) is 13.0. The maximum atomic E-state index is 13.4. The van der Waals surface area contributed by atoms with Crippen LogP contribution in [0.1, 0.15) is 11.3 Å². The molecule has 0 amide bonds. The molecule has 0 radical (unpaired) electrons. The van der Waals surface area contributed by atoms with Gasteiger partial charge in [0.25, 0.3) is 10.0 Å². The molecule has 8 heteroatoms. The molecule has 0 aliphatic rings. The van der Waals surface area contributed by atoms with Gasteiger partial charge in [-0.3, -0.25) is 0 Å². The van der Waals surface area contributed by atoms with Crippen molar-refractivity contribution >= 4 is 16.0 Å². The molecule has 1 aromatic carbocycles. The Morgan fingerprint density at radius 3 is 2.79 bits per heavy atom. The molecule has 0 aliphatic heterocycles. The van der Waals surface area contributed by atoms with Crippen LogP contribution in [-0.2, 0) is 10.0 Å². The van der Waals surface area contributed by atoms with Gasteiger partial charge in [-0.2, -0.15) is 10.2 Å². The minimum Gasteiger partial charge on any atom is -0.431 e. The number of nitrogens with zero attached hydrogens (tertiary/aromatic N) is 2.